The first-order chi connectivity index (χ1) is 17.1. The second-order valence-electron chi connectivity index (χ2n) is 9.52. The average Bonchev–Trinajstić information content (AvgIpc) is 3.22. The molecule has 1 aromatic heterocycles. The molecule has 5 rings (SSSR count). The molecule has 1 N–H and O–H groups in total. The van der Waals surface area contributed by atoms with Crippen molar-refractivity contribution in [3.8, 4) is 11.1 Å². The summed E-state index contributed by atoms with van der Waals surface area (Å²) in [6, 6.07) is 15.3. The molecule has 0 bridgehead atoms. The molecule has 6 heteroatoms. The van der Waals surface area contributed by atoms with Gasteiger partial charge in [-0.3, -0.25) is 0 Å². The minimum Gasteiger partial charge on any atom is -0.369 e. The number of nitrogens with one attached hydrogen (secondary N) is 1. The normalized spacial score (nSPS) is 14.3. The van der Waals surface area contributed by atoms with Crippen molar-refractivity contribution in [1.82, 2.24) is 14.9 Å². The van der Waals surface area contributed by atoms with Crippen molar-refractivity contribution in [2.24, 2.45) is 0 Å². The van der Waals surface area contributed by atoms with Crippen LogP contribution in [0.1, 0.15) is 59.5 Å². The standard InChI is InChI=1S/C28H34N4.CO2/c1-20-11-12-24-23(17-20)18-25-27(24)28(29-13-8-16-32-14-6-3-7-15-32)31-26(30-25)19-22-10-5-4-9-21(22)2;2-1-3/h4-5,9-12,17H,3,6-8,13-16,18-19H2,1-2H3,(H,29,30,31);. The summed E-state index contributed by atoms with van der Waals surface area (Å²) in [5.74, 6) is 1.93. The molecule has 2 aromatic carbocycles. The summed E-state index contributed by atoms with van der Waals surface area (Å²) in [4.78, 5) is 28.9. The molecule has 0 saturated carbocycles. The number of anilines is 1. The highest BCUT2D eigenvalue weighted by molar-refractivity contribution is 5.84. The molecule has 0 spiro atoms. The number of likely N-dealkylation sites (tertiary alicyclic amines) is 1. The van der Waals surface area contributed by atoms with E-state index in [0.29, 0.717) is 0 Å². The molecule has 1 aliphatic carbocycles. The number of rotatable bonds is 7. The molecule has 1 saturated heterocycles. The molecule has 0 unspecified atom stereocenters. The smallest absolute Gasteiger partial charge is 0.369 e. The van der Waals surface area contributed by atoms with E-state index in [0.717, 1.165) is 37.4 Å². The van der Waals surface area contributed by atoms with Crippen molar-refractivity contribution in [2.75, 3.05) is 31.5 Å². The van der Waals surface area contributed by atoms with E-state index in [9.17, 15) is 0 Å². The van der Waals surface area contributed by atoms with Crippen LogP contribution in [0.3, 0.4) is 0 Å². The fourth-order valence-electron chi connectivity index (χ4n) is 5.14. The largest absolute Gasteiger partial charge is 0.373 e. The third kappa shape index (κ3) is 6.21. The molecule has 0 radical (unpaired) electrons. The van der Waals surface area contributed by atoms with Gasteiger partial charge in [-0.2, -0.15) is 9.59 Å². The SMILES string of the molecule is Cc1ccc2c(c1)Cc1nc(Cc3ccccc3C)nc(NCCCN3CCCCC3)c1-2.O=C=O. The molecule has 35 heavy (non-hydrogen) atoms. The summed E-state index contributed by atoms with van der Waals surface area (Å²) >= 11 is 0. The van der Waals surface area contributed by atoms with Gasteiger partial charge in [0.25, 0.3) is 0 Å². The number of piperidine rings is 1. The van der Waals surface area contributed by atoms with Crippen molar-refractivity contribution in [3.63, 3.8) is 0 Å². The first kappa shape index (κ1) is 24.8. The zero-order valence-corrected chi connectivity index (χ0v) is 20.8. The second-order valence-corrected chi connectivity index (χ2v) is 9.52. The van der Waals surface area contributed by atoms with E-state index in [1.807, 2.05) is 0 Å². The lowest BCUT2D eigenvalue weighted by Gasteiger charge is -2.26. The molecule has 0 amide bonds. The highest BCUT2D eigenvalue weighted by Crippen LogP contribution is 2.40. The lowest BCUT2D eigenvalue weighted by molar-refractivity contribution is -0.191. The number of aromatic nitrogens is 2. The van der Waals surface area contributed by atoms with Crippen molar-refractivity contribution in [3.05, 3.63) is 76.2 Å². The Morgan fingerprint density at radius 1 is 1.00 bits per heavy atom. The first-order valence-electron chi connectivity index (χ1n) is 12.6. The first-order valence-corrected chi connectivity index (χ1v) is 12.6. The van der Waals surface area contributed by atoms with Gasteiger partial charge in [0.15, 0.2) is 0 Å². The summed E-state index contributed by atoms with van der Waals surface area (Å²) in [7, 11) is 0. The Kier molecular flexibility index (Phi) is 8.40. The molecular weight excluding hydrogens is 436 g/mol. The molecule has 6 nitrogen and oxygen atoms in total. The predicted octanol–water partition coefficient (Wildman–Crippen LogP) is 4.96. The summed E-state index contributed by atoms with van der Waals surface area (Å²) in [5, 5.41) is 3.70. The van der Waals surface area contributed by atoms with Gasteiger partial charge in [-0.1, -0.05) is 54.4 Å². The monoisotopic (exact) mass is 470 g/mol. The second kappa shape index (κ2) is 11.9. The predicted molar refractivity (Wildman–Crippen MR) is 137 cm³/mol. The molecule has 0 atom stereocenters. The van der Waals surface area contributed by atoms with E-state index in [1.54, 1.807) is 0 Å². The van der Waals surface area contributed by atoms with E-state index in [2.05, 4.69) is 66.5 Å². The van der Waals surface area contributed by atoms with Crippen molar-refractivity contribution in [2.45, 2.75) is 52.4 Å². The van der Waals surface area contributed by atoms with Crippen LogP contribution in [0.15, 0.2) is 42.5 Å². The summed E-state index contributed by atoms with van der Waals surface area (Å²) in [6.45, 7) is 8.98. The Bertz CT molecular complexity index is 1200. The van der Waals surface area contributed by atoms with Crippen LogP contribution in [0, 0.1) is 13.8 Å². The van der Waals surface area contributed by atoms with Crippen LogP contribution in [0.5, 0.6) is 0 Å². The minimum absolute atomic E-state index is 0.250. The van der Waals surface area contributed by atoms with Gasteiger partial charge >= 0.3 is 6.15 Å². The molecule has 1 aliphatic heterocycles. The van der Waals surface area contributed by atoms with Crippen LogP contribution in [0.4, 0.5) is 5.82 Å². The number of benzene rings is 2. The third-order valence-electron chi connectivity index (χ3n) is 6.92. The number of hydrogen-bond acceptors (Lipinski definition) is 6. The summed E-state index contributed by atoms with van der Waals surface area (Å²) < 4.78 is 0. The van der Waals surface area contributed by atoms with Crippen LogP contribution in [-0.4, -0.2) is 47.2 Å². The lowest BCUT2D eigenvalue weighted by Crippen LogP contribution is -2.31. The lowest BCUT2D eigenvalue weighted by atomic mass is 10.0. The van der Waals surface area contributed by atoms with E-state index in [1.165, 1.54) is 78.0 Å². The molecule has 2 aliphatic rings. The molecule has 3 aromatic rings. The number of hydrogen-bond donors (Lipinski definition) is 1. The Morgan fingerprint density at radius 3 is 2.54 bits per heavy atom. The molecule has 2 heterocycles. The Hall–Kier alpha value is -3.34. The molecule has 182 valence electrons. The summed E-state index contributed by atoms with van der Waals surface area (Å²) in [5.41, 5.74) is 8.96. The Labute approximate surface area is 207 Å². The van der Waals surface area contributed by atoms with E-state index in [-0.39, 0.29) is 6.15 Å². The van der Waals surface area contributed by atoms with Crippen molar-refractivity contribution >= 4 is 12.0 Å². The van der Waals surface area contributed by atoms with E-state index >= 15 is 0 Å². The van der Waals surface area contributed by atoms with Gasteiger partial charge in [0.05, 0.1) is 5.69 Å². The third-order valence-corrected chi connectivity index (χ3v) is 6.92. The van der Waals surface area contributed by atoms with Gasteiger partial charge in [0.2, 0.25) is 0 Å². The number of aryl methyl sites for hydroxylation is 2. The van der Waals surface area contributed by atoms with E-state index in [4.69, 9.17) is 19.6 Å². The number of fused-ring (bicyclic) bond motifs is 3. The number of carbonyl (C=O) groups excluding carboxylic acids is 2. The van der Waals surface area contributed by atoms with Gasteiger partial charge in [0.1, 0.15) is 11.6 Å². The maximum absolute atomic E-state index is 8.12. The van der Waals surface area contributed by atoms with Crippen LogP contribution in [0.2, 0.25) is 0 Å². The highest BCUT2D eigenvalue weighted by atomic mass is 16.2. The van der Waals surface area contributed by atoms with Gasteiger partial charge in [-0.15, -0.1) is 0 Å². The molecule has 1 fully saturated rings. The quantitative estimate of drug-likeness (QED) is 0.385. The fraction of sp³-hybridized carbons (Fsp3) is 0.414. The van der Waals surface area contributed by atoms with Gasteiger partial charge in [-0.25, -0.2) is 9.97 Å². The minimum atomic E-state index is 0.250. The van der Waals surface area contributed by atoms with Crippen LogP contribution in [0.25, 0.3) is 11.1 Å². The van der Waals surface area contributed by atoms with Gasteiger partial charge in [-0.05, 0) is 75.0 Å². The average molecular weight is 471 g/mol. The van der Waals surface area contributed by atoms with Crippen LogP contribution >= 0.6 is 0 Å². The maximum Gasteiger partial charge on any atom is 0.373 e. The van der Waals surface area contributed by atoms with E-state index < -0.39 is 0 Å². The van der Waals surface area contributed by atoms with Gasteiger partial charge in [0, 0.05) is 24.9 Å². The number of nitrogens with zero attached hydrogens (tertiary/aromatic N) is 3. The fourth-order valence-corrected chi connectivity index (χ4v) is 5.14. The Morgan fingerprint density at radius 2 is 1.77 bits per heavy atom. The van der Waals surface area contributed by atoms with Crippen molar-refractivity contribution < 1.29 is 9.59 Å². The van der Waals surface area contributed by atoms with Gasteiger partial charge < -0.3 is 10.2 Å². The van der Waals surface area contributed by atoms with Crippen LogP contribution in [-0.2, 0) is 22.4 Å². The maximum atomic E-state index is 8.12. The van der Waals surface area contributed by atoms with Crippen molar-refractivity contribution in [1.29, 1.82) is 0 Å². The van der Waals surface area contributed by atoms with Crippen LogP contribution < -0.4 is 5.32 Å². The zero-order valence-electron chi connectivity index (χ0n) is 20.8. The topological polar surface area (TPSA) is 75.2 Å². The highest BCUT2D eigenvalue weighted by Gasteiger charge is 2.25. The summed E-state index contributed by atoms with van der Waals surface area (Å²) in [6.07, 6.45) is 7.17. The zero-order chi connectivity index (χ0) is 24.6. The Balaban J connectivity index is 0.000000917. The molecular formula is C29H34N4O2.